The number of hydrogen-bond donors (Lipinski definition) is 1. The molecule has 108 valence electrons. The molecule has 1 aliphatic carbocycles. The molecule has 0 atom stereocenters. The first-order chi connectivity index (χ1) is 8.73. The van der Waals surface area contributed by atoms with Gasteiger partial charge in [-0.2, -0.15) is 5.10 Å². The van der Waals surface area contributed by atoms with Gasteiger partial charge in [0.2, 0.25) is 10.0 Å². The Kier molecular flexibility index (Phi) is 3.72. The summed E-state index contributed by atoms with van der Waals surface area (Å²) < 4.78 is 28.2. The van der Waals surface area contributed by atoms with Crippen LogP contribution in [0.1, 0.15) is 24.2 Å². The van der Waals surface area contributed by atoms with Crippen LogP contribution in [0.15, 0.2) is 4.90 Å². The van der Waals surface area contributed by atoms with E-state index >= 15 is 0 Å². The average Bonchev–Trinajstić information content (AvgIpc) is 2.50. The van der Waals surface area contributed by atoms with Gasteiger partial charge < -0.3 is 5.73 Å². The molecule has 0 spiro atoms. The van der Waals surface area contributed by atoms with Crippen LogP contribution in [0.3, 0.4) is 0 Å². The van der Waals surface area contributed by atoms with Gasteiger partial charge in [0.1, 0.15) is 4.90 Å². The first-order valence-electron chi connectivity index (χ1n) is 6.45. The number of nitrogens with two attached hydrogens (primary N) is 1. The highest BCUT2D eigenvalue weighted by atomic mass is 32.2. The van der Waals surface area contributed by atoms with Crippen LogP contribution in [-0.4, -0.2) is 42.1 Å². The Morgan fingerprint density at radius 2 is 2.00 bits per heavy atom. The van der Waals surface area contributed by atoms with Crippen LogP contribution in [0.2, 0.25) is 0 Å². The van der Waals surface area contributed by atoms with E-state index in [0.29, 0.717) is 28.7 Å². The van der Waals surface area contributed by atoms with E-state index in [-0.39, 0.29) is 6.04 Å². The summed E-state index contributed by atoms with van der Waals surface area (Å²) in [7, 11) is -0.0728. The highest BCUT2D eigenvalue weighted by Crippen LogP contribution is 2.29. The van der Waals surface area contributed by atoms with Gasteiger partial charge in [0.05, 0.1) is 11.4 Å². The van der Waals surface area contributed by atoms with Gasteiger partial charge in [-0.05, 0) is 32.6 Å². The largest absolute Gasteiger partial charge is 0.328 e. The maximum absolute atomic E-state index is 12.6. The molecule has 6 nitrogen and oxygen atoms in total. The molecule has 0 aliphatic heterocycles. The summed E-state index contributed by atoms with van der Waals surface area (Å²) in [5.74, 6) is 0.382. The van der Waals surface area contributed by atoms with E-state index in [1.165, 1.54) is 4.31 Å². The Hall–Kier alpha value is -0.920. The molecular formula is C12H22N4O2S. The van der Waals surface area contributed by atoms with Crippen LogP contribution in [0.5, 0.6) is 0 Å². The third kappa shape index (κ3) is 2.54. The van der Waals surface area contributed by atoms with E-state index in [9.17, 15) is 8.42 Å². The highest BCUT2D eigenvalue weighted by Gasteiger charge is 2.33. The quantitative estimate of drug-likeness (QED) is 0.868. The average molecular weight is 286 g/mol. The number of aromatic nitrogens is 2. The number of nitrogens with zero attached hydrogens (tertiary/aromatic N) is 3. The molecular weight excluding hydrogens is 264 g/mol. The van der Waals surface area contributed by atoms with Crippen molar-refractivity contribution in [1.29, 1.82) is 0 Å². The minimum absolute atomic E-state index is 0.239. The Labute approximate surface area is 114 Å². The maximum Gasteiger partial charge on any atom is 0.246 e. The van der Waals surface area contributed by atoms with Crippen molar-refractivity contribution >= 4 is 10.0 Å². The van der Waals surface area contributed by atoms with Gasteiger partial charge in [-0.1, -0.05) is 0 Å². The molecule has 1 aromatic heterocycles. The van der Waals surface area contributed by atoms with Crippen LogP contribution in [0.4, 0.5) is 0 Å². The first kappa shape index (κ1) is 14.5. The van der Waals surface area contributed by atoms with Crippen molar-refractivity contribution in [3.8, 4) is 0 Å². The summed E-state index contributed by atoms with van der Waals surface area (Å²) in [6, 6.07) is 0.239. The Morgan fingerprint density at radius 1 is 1.42 bits per heavy atom. The molecule has 19 heavy (non-hydrogen) atoms. The second-order valence-electron chi connectivity index (χ2n) is 5.51. The summed E-state index contributed by atoms with van der Waals surface area (Å²) in [5, 5.41) is 4.18. The lowest BCUT2D eigenvalue weighted by Crippen LogP contribution is -2.43. The van der Waals surface area contributed by atoms with Crippen LogP contribution >= 0.6 is 0 Å². The standard InChI is InChI=1S/C12H22N4O2S/c1-8-12(9(2)16(4)14-8)19(17,18)15(3)7-10-5-11(13)6-10/h10-11H,5-7,13H2,1-4H3. The van der Waals surface area contributed by atoms with Crippen molar-refractivity contribution in [2.24, 2.45) is 18.7 Å². The fraction of sp³-hybridized carbons (Fsp3) is 0.750. The van der Waals surface area contributed by atoms with Crippen molar-refractivity contribution < 1.29 is 8.42 Å². The Morgan fingerprint density at radius 3 is 2.42 bits per heavy atom. The molecule has 2 N–H and O–H groups in total. The van der Waals surface area contributed by atoms with Crippen LogP contribution in [0.25, 0.3) is 0 Å². The zero-order valence-electron chi connectivity index (χ0n) is 11.9. The van der Waals surface area contributed by atoms with Gasteiger partial charge in [0, 0.05) is 26.7 Å². The molecule has 1 fully saturated rings. The second kappa shape index (κ2) is 4.88. The summed E-state index contributed by atoms with van der Waals surface area (Å²) in [4.78, 5) is 0.334. The van der Waals surface area contributed by atoms with E-state index in [0.717, 1.165) is 12.8 Å². The monoisotopic (exact) mass is 286 g/mol. The van der Waals surface area contributed by atoms with Crippen LogP contribution in [0, 0.1) is 19.8 Å². The smallest absolute Gasteiger partial charge is 0.246 e. The minimum atomic E-state index is -3.46. The molecule has 0 bridgehead atoms. The van der Waals surface area contributed by atoms with Gasteiger partial charge >= 0.3 is 0 Å². The number of hydrogen-bond acceptors (Lipinski definition) is 4. The fourth-order valence-electron chi connectivity index (χ4n) is 2.68. The van der Waals surface area contributed by atoms with Crippen molar-refractivity contribution in [3.63, 3.8) is 0 Å². The van der Waals surface area contributed by atoms with Crippen molar-refractivity contribution in [1.82, 2.24) is 14.1 Å². The van der Waals surface area contributed by atoms with Crippen molar-refractivity contribution in [2.75, 3.05) is 13.6 Å². The zero-order valence-corrected chi connectivity index (χ0v) is 12.7. The van der Waals surface area contributed by atoms with E-state index < -0.39 is 10.0 Å². The molecule has 0 saturated heterocycles. The summed E-state index contributed by atoms with van der Waals surface area (Å²) in [6.07, 6.45) is 1.82. The third-order valence-electron chi connectivity index (χ3n) is 3.90. The minimum Gasteiger partial charge on any atom is -0.328 e. The van der Waals surface area contributed by atoms with E-state index in [1.54, 1.807) is 32.6 Å². The van der Waals surface area contributed by atoms with Crippen LogP contribution < -0.4 is 5.73 Å². The van der Waals surface area contributed by atoms with Gasteiger partial charge in [0.25, 0.3) is 0 Å². The molecule has 2 rings (SSSR count). The van der Waals surface area contributed by atoms with Gasteiger partial charge in [0.15, 0.2) is 0 Å². The van der Waals surface area contributed by atoms with Gasteiger partial charge in [-0.3, -0.25) is 4.68 Å². The number of sulfonamides is 1. The molecule has 1 saturated carbocycles. The van der Waals surface area contributed by atoms with Crippen molar-refractivity contribution in [3.05, 3.63) is 11.4 Å². The summed E-state index contributed by atoms with van der Waals surface area (Å²) >= 11 is 0. The molecule has 0 radical (unpaired) electrons. The third-order valence-corrected chi connectivity index (χ3v) is 5.97. The molecule has 1 aliphatic rings. The molecule has 0 amide bonds. The lowest BCUT2D eigenvalue weighted by molar-refractivity contribution is 0.227. The molecule has 7 heteroatoms. The summed E-state index contributed by atoms with van der Waals surface area (Å²) in [6.45, 7) is 4.04. The maximum atomic E-state index is 12.6. The normalized spacial score (nSPS) is 23.7. The predicted octanol–water partition coefficient (Wildman–Crippen LogP) is 0.395. The zero-order chi connectivity index (χ0) is 14.4. The fourth-order valence-corrected chi connectivity index (χ4v) is 4.32. The Bertz CT molecular complexity index is 573. The topological polar surface area (TPSA) is 81.2 Å². The van der Waals surface area contributed by atoms with E-state index in [4.69, 9.17) is 5.73 Å². The molecule has 1 aromatic rings. The predicted molar refractivity (Wildman–Crippen MR) is 73.2 cm³/mol. The Balaban J connectivity index is 2.21. The van der Waals surface area contributed by atoms with Crippen molar-refractivity contribution in [2.45, 2.75) is 37.6 Å². The number of rotatable bonds is 4. The summed E-state index contributed by atoms with van der Waals surface area (Å²) in [5.41, 5.74) is 6.96. The first-order valence-corrected chi connectivity index (χ1v) is 7.89. The van der Waals surface area contributed by atoms with Gasteiger partial charge in [-0.25, -0.2) is 12.7 Å². The second-order valence-corrected chi connectivity index (χ2v) is 7.49. The molecule has 0 unspecified atom stereocenters. The number of aryl methyl sites for hydroxylation is 2. The lowest BCUT2D eigenvalue weighted by atomic mass is 9.81. The molecule has 1 heterocycles. The SMILES string of the molecule is Cc1nn(C)c(C)c1S(=O)(=O)N(C)CC1CC(N)C1. The van der Waals surface area contributed by atoms with Gasteiger partial charge in [-0.15, -0.1) is 0 Å². The lowest BCUT2D eigenvalue weighted by Gasteiger charge is -2.34. The molecule has 0 aromatic carbocycles. The van der Waals surface area contributed by atoms with E-state index in [1.807, 2.05) is 0 Å². The highest BCUT2D eigenvalue weighted by molar-refractivity contribution is 7.89. The van der Waals surface area contributed by atoms with Crippen LogP contribution in [-0.2, 0) is 17.1 Å². The van der Waals surface area contributed by atoms with E-state index in [2.05, 4.69) is 5.10 Å².